The molecule has 41 heavy (non-hydrogen) atoms. The number of carbonyl (C=O) groups excluding carboxylic acids is 3. The molecule has 3 amide bonds. The third-order valence-electron chi connectivity index (χ3n) is 8.95. The van der Waals surface area contributed by atoms with Crippen molar-refractivity contribution in [1.82, 2.24) is 4.90 Å². The molecule has 2 fully saturated rings. The molecule has 4 aliphatic rings. The van der Waals surface area contributed by atoms with Crippen molar-refractivity contribution >= 4 is 39.9 Å². The molecule has 4 aliphatic heterocycles. The Labute approximate surface area is 238 Å². The fourth-order valence-corrected chi connectivity index (χ4v) is 7.05. The highest BCUT2D eigenvalue weighted by molar-refractivity contribution is 6.08. The number of likely N-dealkylation sites (tertiary alicyclic amines) is 1. The zero-order valence-corrected chi connectivity index (χ0v) is 22.7. The van der Waals surface area contributed by atoms with Crippen LogP contribution in [0.1, 0.15) is 6.92 Å². The lowest BCUT2D eigenvalue weighted by molar-refractivity contribution is -0.143. The Kier molecular flexibility index (Phi) is 6.06. The summed E-state index contributed by atoms with van der Waals surface area (Å²) in [6, 6.07) is 21.5. The van der Waals surface area contributed by atoms with Crippen LogP contribution in [0, 0.1) is 11.8 Å². The standard InChI is InChI=1S/C33H31N3O5/c1-21(20-37)36-29-32(40)35(25-15-14-22-9-5-6-10-23(22)19-25)18-8-16-33(29)28(31(36)39)27-26(41-33)13-7-17-34(30(27)38)24-11-3-2-4-12-24/h2-16,19,21,26-29,37H,17-18,20H2,1H3/t21-,26+,27-,28+,29?,33+/m1/s1. The van der Waals surface area contributed by atoms with Gasteiger partial charge in [-0.2, -0.15) is 0 Å². The third kappa shape index (κ3) is 3.78. The van der Waals surface area contributed by atoms with Gasteiger partial charge in [0.1, 0.15) is 11.6 Å². The molecule has 4 heterocycles. The number of nitrogens with zero attached hydrogens (tertiary/aromatic N) is 3. The first-order valence-electron chi connectivity index (χ1n) is 14.1. The number of hydrogen-bond donors (Lipinski definition) is 1. The van der Waals surface area contributed by atoms with Crippen LogP contribution in [0.3, 0.4) is 0 Å². The molecule has 7 rings (SSSR count). The zero-order chi connectivity index (χ0) is 28.3. The summed E-state index contributed by atoms with van der Waals surface area (Å²) < 4.78 is 6.70. The van der Waals surface area contributed by atoms with Crippen LogP contribution in [0.25, 0.3) is 10.8 Å². The van der Waals surface area contributed by atoms with Crippen LogP contribution in [-0.2, 0) is 19.1 Å². The number of amides is 3. The van der Waals surface area contributed by atoms with Crippen molar-refractivity contribution in [2.45, 2.75) is 30.7 Å². The van der Waals surface area contributed by atoms with E-state index in [-0.39, 0.29) is 30.9 Å². The molecule has 0 aromatic heterocycles. The average Bonchev–Trinajstić information content (AvgIpc) is 3.32. The molecule has 0 bridgehead atoms. The van der Waals surface area contributed by atoms with Crippen LogP contribution in [0.2, 0.25) is 0 Å². The second-order valence-electron chi connectivity index (χ2n) is 11.2. The third-order valence-corrected chi connectivity index (χ3v) is 8.95. The summed E-state index contributed by atoms with van der Waals surface area (Å²) >= 11 is 0. The topological polar surface area (TPSA) is 90.4 Å². The summed E-state index contributed by atoms with van der Waals surface area (Å²) in [6.45, 7) is 2.04. The van der Waals surface area contributed by atoms with Gasteiger partial charge >= 0.3 is 0 Å². The Morgan fingerprint density at radius 3 is 2.34 bits per heavy atom. The minimum absolute atomic E-state index is 0.213. The van der Waals surface area contributed by atoms with Crippen molar-refractivity contribution in [2.75, 3.05) is 29.5 Å². The van der Waals surface area contributed by atoms with Crippen LogP contribution < -0.4 is 9.80 Å². The first-order chi connectivity index (χ1) is 19.9. The van der Waals surface area contributed by atoms with Gasteiger partial charge in [-0.25, -0.2) is 0 Å². The molecule has 3 aromatic rings. The van der Waals surface area contributed by atoms with Gasteiger partial charge < -0.3 is 24.5 Å². The Balaban J connectivity index is 1.33. The maximum absolute atomic E-state index is 14.5. The van der Waals surface area contributed by atoms with Crippen LogP contribution in [-0.4, -0.2) is 71.2 Å². The lowest BCUT2D eigenvalue weighted by Crippen LogP contribution is -2.57. The van der Waals surface area contributed by atoms with Gasteiger partial charge in [0.05, 0.1) is 30.6 Å². The smallest absolute Gasteiger partial charge is 0.253 e. The molecular formula is C33H31N3O5. The Hall–Kier alpha value is -4.27. The fraction of sp³-hybridized carbons (Fsp3) is 0.303. The number of fused-ring (bicyclic) bond motifs is 3. The predicted molar refractivity (Wildman–Crippen MR) is 155 cm³/mol. The van der Waals surface area contributed by atoms with Crippen molar-refractivity contribution in [3.05, 3.63) is 97.1 Å². The van der Waals surface area contributed by atoms with E-state index in [0.29, 0.717) is 12.2 Å². The highest BCUT2D eigenvalue weighted by Crippen LogP contribution is 2.54. The van der Waals surface area contributed by atoms with Gasteiger partial charge in [-0.3, -0.25) is 14.4 Å². The number of anilines is 2. The molecule has 3 aromatic carbocycles. The minimum atomic E-state index is -1.35. The van der Waals surface area contributed by atoms with Crippen molar-refractivity contribution in [3.63, 3.8) is 0 Å². The summed E-state index contributed by atoms with van der Waals surface area (Å²) in [5.74, 6) is -2.59. The van der Waals surface area contributed by atoms with Gasteiger partial charge in [-0.05, 0) is 42.0 Å². The van der Waals surface area contributed by atoms with E-state index >= 15 is 0 Å². The molecule has 0 saturated carbocycles. The van der Waals surface area contributed by atoms with Gasteiger partial charge in [0.25, 0.3) is 5.91 Å². The average molecular weight is 550 g/mol. The van der Waals surface area contributed by atoms with Gasteiger partial charge in [0.15, 0.2) is 0 Å². The molecule has 1 unspecified atom stereocenters. The largest absolute Gasteiger partial charge is 0.394 e. The highest BCUT2D eigenvalue weighted by atomic mass is 16.5. The van der Waals surface area contributed by atoms with Crippen LogP contribution in [0.15, 0.2) is 97.1 Å². The maximum atomic E-state index is 14.5. The number of aliphatic hydroxyl groups is 1. The minimum Gasteiger partial charge on any atom is -0.394 e. The second-order valence-corrected chi connectivity index (χ2v) is 11.2. The molecule has 208 valence electrons. The van der Waals surface area contributed by atoms with Crippen molar-refractivity contribution < 1.29 is 24.2 Å². The molecule has 2 saturated heterocycles. The van der Waals surface area contributed by atoms with Crippen molar-refractivity contribution in [3.8, 4) is 0 Å². The number of hydrogen-bond acceptors (Lipinski definition) is 5. The number of aliphatic hydroxyl groups excluding tert-OH is 1. The van der Waals surface area contributed by atoms with Crippen LogP contribution >= 0.6 is 0 Å². The van der Waals surface area contributed by atoms with Gasteiger partial charge in [-0.15, -0.1) is 0 Å². The summed E-state index contributed by atoms with van der Waals surface area (Å²) in [7, 11) is 0. The fourth-order valence-electron chi connectivity index (χ4n) is 7.05. The summed E-state index contributed by atoms with van der Waals surface area (Å²) in [6.07, 6.45) is 6.78. The summed E-state index contributed by atoms with van der Waals surface area (Å²) in [5, 5.41) is 12.2. The van der Waals surface area contributed by atoms with Gasteiger partial charge in [0, 0.05) is 24.5 Å². The second kappa shape index (κ2) is 9.68. The zero-order valence-electron chi connectivity index (χ0n) is 22.7. The predicted octanol–water partition coefficient (Wildman–Crippen LogP) is 3.31. The number of ether oxygens (including phenoxy) is 1. The van der Waals surface area contributed by atoms with E-state index in [9.17, 15) is 19.5 Å². The van der Waals surface area contributed by atoms with Crippen molar-refractivity contribution in [1.29, 1.82) is 0 Å². The van der Waals surface area contributed by atoms with E-state index in [1.54, 1.807) is 16.7 Å². The molecule has 1 N–H and O–H groups in total. The van der Waals surface area contributed by atoms with Gasteiger partial charge in [0.2, 0.25) is 11.8 Å². The molecule has 6 atom stereocenters. The molecule has 8 heteroatoms. The lowest BCUT2D eigenvalue weighted by atomic mass is 9.77. The van der Waals surface area contributed by atoms with Crippen molar-refractivity contribution in [2.24, 2.45) is 11.8 Å². The molecular weight excluding hydrogens is 518 g/mol. The maximum Gasteiger partial charge on any atom is 0.253 e. The summed E-state index contributed by atoms with van der Waals surface area (Å²) in [5.41, 5.74) is 0.0979. The van der Waals surface area contributed by atoms with E-state index < -0.39 is 35.6 Å². The first-order valence-corrected chi connectivity index (χ1v) is 14.1. The van der Waals surface area contributed by atoms with Crippen LogP contribution in [0.4, 0.5) is 11.4 Å². The number of para-hydroxylation sites is 1. The molecule has 1 spiro atoms. The number of rotatable bonds is 4. The van der Waals surface area contributed by atoms with Crippen LogP contribution in [0.5, 0.6) is 0 Å². The van der Waals surface area contributed by atoms with E-state index in [4.69, 9.17) is 4.74 Å². The normalized spacial score (nSPS) is 29.8. The molecule has 0 aliphatic carbocycles. The Bertz CT molecular complexity index is 1600. The highest BCUT2D eigenvalue weighted by Gasteiger charge is 2.72. The quantitative estimate of drug-likeness (QED) is 0.505. The van der Waals surface area contributed by atoms with E-state index in [0.717, 1.165) is 16.5 Å². The Morgan fingerprint density at radius 1 is 0.854 bits per heavy atom. The van der Waals surface area contributed by atoms with E-state index in [2.05, 4.69) is 0 Å². The van der Waals surface area contributed by atoms with E-state index in [1.165, 1.54) is 4.90 Å². The number of carbonyl (C=O) groups is 3. The molecule has 8 nitrogen and oxygen atoms in total. The first kappa shape index (κ1) is 25.7. The lowest BCUT2D eigenvalue weighted by Gasteiger charge is -2.37. The van der Waals surface area contributed by atoms with Gasteiger partial charge in [-0.1, -0.05) is 72.8 Å². The SMILES string of the molecule is C[C@H](CO)N1C(=O)[C@@H]2[C@@H]3C(=O)N(c4ccccc4)CC=C[C@@H]3O[C@@]23C=CCN(c2ccc4ccccc4c2)C(=O)C13. The Morgan fingerprint density at radius 2 is 1.56 bits per heavy atom. The number of benzene rings is 3. The molecule has 0 radical (unpaired) electrons. The monoisotopic (exact) mass is 549 g/mol. The van der Waals surface area contributed by atoms with E-state index in [1.807, 2.05) is 97.1 Å². The summed E-state index contributed by atoms with van der Waals surface area (Å²) in [4.78, 5) is 47.8.